The van der Waals surface area contributed by atoms with E-state index < -0.39 is 0 Å². The highest BCUT2D eigenvalue weighted by Crippen LogP contribution is 2.29. The Morgan fingerprint density at radius 1 is 1.00 bits per heavy atom. The van der Waals surface area contributed by atoms with Crippen LogP contribution in [0.2, 0.25) is 5.02 Å². The average Bonchev–Trinajstić information content (AvgIpc) is 3.00. The van der Waals surface area contributed by atoms with Gasteiger partial charge in [0.25, 0.3) is 0 Å². The van der Waals surface area contributed by atoms with Crippen LogP contribution in [0, 0.1) is 0 Å². The molecule has 0 fully saturated rings. The first-order chi connectivity index (χ1) is 10.8. The van der Waals surface area contributed by atoms with Gasteiger partial charge in [-0.1, -0.05) is 77.2 Å². The second-order valence-electron chi connectivity index (χ2n) is 4.63. The highest BCUT2D eigenvalue weighted by molar-refractivity contribution is 8.00. The molecule has 0 atom stereocenters. The molecule has 2 aromatic carbocycles. The van der Waals surface area contributed by atoms with Gasteiger partial charge in [0.05, 0.1) is 0 Å². The summed E-state index contributed by atoms with van der Waals surface area (Å²) in [7, 11) is 0. The van der Waals surface area contributed by atoms with E-state index in [1.165, 1.54) is 11.1 Å². The van der Waals surface area contributed by atoms with E-state index in [2.05, 4.69) is 33.7 Å². The lowest BCUT2D eigenvalue weighted by Crippen LogP contribution is -1.98. The van der Waals surface area contributed by atoms with Gasteiger partial charge in [-0.15, -0.1) is 10.2 Å². The van der Waals surface area contributed by atoms with E-state index in [1.807, 2.05) is 36.4 Å². The molecule has 3 nitrogen and oxygen atoms in total. The number of hydrogen-bond donors (Lipinski definition) is 1. The first-order valence-corrected chi connectivity index (χ1v) is 8.96. The summed E-state index contributed by atoms with van der Waals surface area (Å²) < 4.78 is 0.954. The third-order valence-corrected chi connectivity index (χ3v) is 5.26. The molecular formula is C16H14ClN3S2. The highest BCUT2D eigenvalue weighted by Gasteiger charge is 2.05. The van der Waals surface area contributed by atoms with Crippen molar-refractivity contribution in [1.82, 2.24) is 10.2 Å². The fourth-order valence-electron chi connectivity index (χ4n) is 1.88. The van der Waals surface area contributed by atoms with E-state index in [0.717, 1.165) is 26.8 Å². The zero-order chi connectivity index (χ0) is 15.2. The van der Waals surface area contributed by atoms with Gasteiger partial charge >= 0.3 is 0 Å². The normalized spacial score (nSPS) is 10.6. The van der Waals surface area contributed by atoms with Crippen LogP contribution in [0.25, 0.3) is 0 Å². The minimum atomic E-state index is 0.758. The smallest absolute Gasteiger partial charge is 0.206 e. The maximum Gasteiger partial charge on any atom is 0.206 e. The third kappa shape index (κ3) is 4.47. The van der Waals surface area contributed by atoms with Crippen LogP contribution >= 0.6 is 34.7 Å². The molecule has 1 heterocycles. The SMILES string of the molecule is Clc1cccc(CSc2nnc(NCc3ccccc3)s2)c1. The van der Waals surface area contributed by atoms with Crippen molar-refractivity contribution in [2.24, 2.45) is 0 Å². The van der Waals surface area contributed by atoms with Crippen molar-refractivity contribution in [1.29, 1.82) is 0 Å². The molecule has 0 unspecified atom stereocenters. The van der Waals surface area contributed by atoms with E-state index in [1.54, 1.807) is 23.1 Å². The maximum atomic E-state index is 5.99. The molecule has 0 radical (unpaired) electrons. The lowest BCUT2D eigenvalue weighted by Gasteiger charge is -2.01. The summed E-state index contributed by atoms with van der Waals surface area (Å²) >= 11 is 9.23. The van der Waals surface area contributed by atoms with Crippen LogP contribution in [0.1, 0.15) is 11.1 Å². The highest BCUT2D eigenvalue weighted by atomic mass is 35.5. The Kier molecular flexibility index (Phi) is 5.32. The van der Waals surface area contributed by atoms with Gasteiger partial charge in [0.2, 0.25) is 5.13 Å². The van der Waals surface area contributed by atoms with Crippen molar-refractivity contribution in [3.63, 3.8) is 0 Å². The Morgan fingerprint density at radius 3 is 2.64 bits per heavy atom. The van der Waals surface area contributed by atoms with Crippen LogP contribution in [-0.2, 0) is 12.3 Å². The summed E-state index contributed by atoms with van der Waals surface area (Å²) in [5.74, 6) is 0.841. The Labute approximate surface area is 142 Å². The van der Waals surface area contributed by atoms with E-state index in [-0.39, 0.29) is 0 Å². The molecule has 3 rings (SSSR count). The van der Waals surface area contributed by atoms with Crippen molar-refractivity contribution in [2.75, 3.05) is 5.32 Å². The first-order valence-electron chi connectivity index (χ1n) is 6.78. The standard InChI is InChI=1S/C16H14ClN3S2/c17-14-8-4-7-13(9-14)11-21-16-20-19-15(22-16)18-10-12-5-2-1-3-6-12/h1-9H,10-11H2,(H,18,19). The molecule has 0 aliphatic heterocycles. The number of rotatable bonds is 6. The van der Waals surface area contributed by atoms with Gasteiger partial charge in [-0.25, -0.2) is 0 Å². The molecular weight excluding hydrogens is 334 g/mol. The number of aromatic nitrogens is 2. The lowest BCUT2D eigenvalue weighted by molar-refractivity contribution is 0.995. The number of halogens is 1. The van der Waals surface area contributed by atoms with E-state index in [0.29, 0.717) is 0 Å². The minimum Gasteiger partial charge on any atom is -0.356 e. The van der Waals surface area contributed by atoms with Crippen molar-refractivity contribution in [3.8, 4) is 0 Å². The largest absolute Gasteiger partial charge is 0.356 e. The lowest BCUT2D eigenvalue weighted by atomic mass is 10.2. The summed E-state index contributed by atoms with van der Waals surface area (Å²) in [6, 6.07) is 18.1. The van der Waals surface area contributed by atoms with Gasteiger partial charge in [-0.2, -0.15) is 0 Å². The average molecular weight is 348 g/mol. The molecule has 22 heavy (non-hydrogen) atoms. The fourth-order valence-corrected chi connectivity index (χ4v) is 3.79. The van der Waals surface area contributed by atoms with Gasteiger partial charge in [0.1, 0.15) is 0 Å². The number of thioether (sulfide) groups is 1. The molecule has 0 bridgehead atoms. The molecule has 112 valence electrons. The predicted molar refractivity (Wildman–Crippen MR) is 94.7 cm³/mol. The summed E-state index contributed by atoms with van der Waals surface area (Å²) in [4.78, 5) is 0. The van der Waals surface area contributed by atoms with Gasteiger partial charge in [0.15, 0.2) is 4.34 Å². The Balaban J connectivity index is 1.53. The Hall–Kier alpha value is -1.56. The molecule has 3 aromatic rings. The molecule has 1 N–H and O–H groups in total. The number of benzene rings is 2. The van der Waals surface area contributed by atoms with Gasteiger partial charge in [-0.05, 0) is 23.3 Å². The van der Waals surface area contributed by atoms with Gasteiger partial charge < -0.3 is 5.32 Å². The number of hydrogen-bond acceptors (Lipinski definition) is 5. The second kappa shape index (κ2) is 7.63. The summed E-state index contributed by atoms with van der Waals surface area (Å²) in [5, 5.41) is 13.3. The quantitative estimate of drug-likeness (QED) is 0.630. The zero-order valence-corrected chi connectivity index (χ0v) is 14.1. The zero-order valence-electron chi connectivity index (χ0n) is 11.7. The van der Waals surface area contributed by atoms with Gasteiger partial charge in [-0.3, -0.25) is 0 Å². The molecule has 0 saturated carbocycles. The molecule has 0 aliphatic carbocycles. The molecule has 1 aromatic heterocycles. The van der Waals surface area contributed by atoms with Crippen LogP contribution in [0.15, 0.2) is 58.9 Å². The summed E-state index contributed by atoms with van der Waals surface area (Å²) in [6.45, 7) is 0.758. The Bertz CT molecular complexity index is 731. The molecule has 0 saturated heterocycles. The van der Waals surface area contributed by atoms with Crippen LogP contribution in [0.5, 0.6) is 0 Å². The summed E-state index contributed by atoms with van der Waals surface area (Å²) in [5.41, 5.74) is 2.41. The monoisotopic (exact) mass is 347 g/mol. The number of nitrogens with zero attached hydrogens (tertiary/aromatic N) is 2. The fraction of sp³-hybridized carbons (Fsp3) is 0.125. The van der Waals surface area contributed by atoms with Crippen LogP contribution in [0.3, 0.4) is 0 Å². The molecule has 0 aliphatic rings. The van der Waals surface area contributed by atoms with Crippen LogP contribution in [0.4, 0.5) is 5.13 Å². The Morgan fingerprint density at radius 2 is 1.82 bits per heavy atom. The maximum absolute atomic E-state index is 5.99. The molecule has 0 spiro atoms. The van der Waals surface area contributed by atoms with Crippen LogP contribution < -0.4 is 5.32 Å². The van der Waals surface area contributed by atoms with Gasteiger partial charge in [0, 0.05) is 17.3 Å². The second-order valence-corrected chi connectivity index (χ2v) is 7.27. The predicted octanol–water partition coefficient (Wildman–Crippen LogP) is 5.10. The molecule has 0 amide bonds. The topological polar surface area (TPSA) is 37.8 Å². The number of anilines is 1. The van der Waals surface area contributed by atoms with Crippen molar-refractivity contribution in [3.05, 3.63) is 70.7 Å². The first kappa shape index (κ1) is 15.3. The minimum absolute atomic E-state index is 0.758. The molecule has 6 heteroatoms. The van der Waals surface area contributed by atoms with Crippen LogP contribution in [-0.4, -0.2) is 10.2 Å². The van der Waals surface area contributed by atoms with E-state index >= 15 is 0 Å². The van der Waals surface area contributed by atoms with E-state index in [4.69, 9.17) is 11.6 Å². The van der Waals surface area contributed by atoms with Crippen molar-refractivity contribution >= 4 is 39.8 Å². The summed E-state index contributed by atoms with van der Waals surface area (Å²) in [6.07, 6.45) is 0. The van der Waals surface area contributed by atoms with Crippen molar-refractivity contribution < 1.29 is 0 Å². The van der Waals surface area contributed by atoms with Crippen molar-refractivity contribution in [2.45, 2.75) is 16.6 Å². The number of nitrogens with one attached hydrogen (secondary N) is 1. The van der Waals surface area contributed by atoms with E-state index in [9.17, 15) is 0 Å². The third-order valence-electron chi connectivity index (χ3n) is 2.94.